The van der Waals surface area contributed by atoms with Crippen molar-refractivity contribution in [2.75, 3.05) is 0 Å². The monoisotopic (exact) mass is 268 g/mol. The largest absolute Gasteiger partial charge is 0.419 e. The number of rotatable bonds is 2. The van der Waals surface area contributed by atoms with Crippen molar-refractivity contribution in [3.63, 3.8) is 0 Å². The molecule has 0 aliphatic carbocycles. The quantitative estimate of drug-likeness (QED) is 0.850. The van der Waals surface area contributed by atoms with Gasteiger partial charge in [-0.1, -0.05) is 0 Å². The molecule has 0 saturated carbocycles. The molecule has 0 aromatic carbocycles. The summed E-state index contributed by atoms with van der Waals surface area (Å²) in [5.74, 6) is 1.62. The first-order valence-electron chi connectivity index (χ1n) is 4.34. The summed E-state index contributed by atoms with van der Waals surface area (Å²) in [6.07, 6.45) is 0. The van der Waals surface area contributed by atoms with E-state index >= 15 is 0 Å². The van der Waals surface area contributed by atoms with Crippen molar-refractivity contribution in [2.24, 2.45) is 0 Å². The molecule has 15 heavy (non-hydrogen) atoms. The van der Waals surface area contributed by atoms with Crippen LogP contribution in [0.2, 0.25) is 0 Å². The van der Waals surface area contributed by atoms with Gasteiger partial charge in [0.25, 0.3) is 0 Å². The van der Waals surface area contributed by atoms with E-state index in [0.717, 1.165) is 5.69 Å². The summed E-state index contributed by atoms with van der Waals surface area (Å²) >= 11 is 3.27. The van der Waals surface area contributed by atoms with Crippen molar-refractivity contribution in [3.05, 3.63) is 28.3 Å². The maximum absolute atomic E-state index is 5.44. The average Bonchev–Trinajstić information content (AvgIpc) is 2.49. The third kappa shape index (κ3) is 2.53. The Labute approximate surface area is 95.0 Å². The van der Waals surface area contributed by atoms with Gasteiger partial charge < -0.3 is 4.74 Å². The van der Waals surface area contributed by atoms with Crippen LogP contribution in [0.3, 0.4) is 0 Å². The standard InChI is InChI=1S/C9H9BrN4O/c1-5-3-9(14-13-5)15-8-4-7(10)11-6(2)12-8/h3-4H,1-2H3,(H,13,14). The third-order valence-corrected chi connectivity index (χ3v) is 2.08. The van der Waals surface area contributed by atoms with Gasteiger partial charge in [-0.3, -0.25) is 5.10 Å². The number of nitrogens with zero attached hydrogens (tertiary/aromatic N) is 3. The SMILES string of the molecule is Cc1nc(Br)cc(Oc2cc(C)[nH]n2)n1. The van der Waals surface area contributed by atoms with E-state index in [1.165, 1.54) is 0 Å². The fourth-order valence-electron chi connectivity index (χ4n) is 1.11. The molecular weight excluding hydrogens is 260 g/mol. The lowest BCUT2D eigenvalue weighted by molar-refractivity contribution is 0.440. The van der Waals surface area contributed by atoms with Crippen LogP contribution < -0.4 is 4.74 Å². The molecule has 5 nitrogen and oxygen atoms in total. The molecule has 0 unspecified atom stereocenters. The summed E-state index contributed by atoms with van der Waals surface area (Å²) in [5.41, 5.74) is 0.940. The van der Waals surface area contributed by atoms with Crippen LogP contribution in [0.25, 0.3) is 0 Å². The van der Waals surface area contributed by atoms with Crippen LogP contribution in [0, 0.1) is 13.8 Å². The van der Waals surface area contributed by atoms with Crippen LogP contribution in [-0.2, 0) is 0 Å². The molecule has 2 rings (SSSR count). The molecule has 0 atom stereocenters. The Balaban J connectivity index is 2.24. The number of aromatic amines is 1. The first-order valence-corrected chi connectivity index (χ1v) is 5.14. The molecule has 0 aliphatic heterocycles. The molecular formula is C9H9BrN4O. The lowest BCUT2D eigenvalue weighted by Crippen LogP contribution is -1.93. The van der Waals surface area contributed by atoms with Gasteiger partial charge in [-0.2, -0.15) is 4.98 Å². The van der Waals surface area contributed by atoms with Gasteiger partial charge in [0, 0.05) is 17.8 Å². The zero-order valence-corrected chi connectivity index (χ0v) is 9.87. The molecule has 1 N–H and O–H groups in total. The summed E-state index contributed by atoms with van der Waals surface area (Å²) in [4.78, 5) is 8.20. The molecule has 0 bridgehead atoms. The maximum Gasteiger partial charge on any atom is 0.240 e. The molecule has 2 aromatic heterocycles. The molecule has 6 heteroatoms. The van der Waals surface area contributed by atoms with Crippen molar-refractivity contribution in [3.8, 4) is 11.8 Å². The Morgan fingerprint density at radius 2 is 2.00 bits per heavy atom. The van der Waals surface area contributed by atoms with Gasteiger partial charge in [0.2, 0.25) is 11.8 Å². The van der Waals surface area contributed by atoms with E-state index in [1.54, 1.807) is 19.1 Å². The molecule has 0 fully saturated rings. The summed E-state index contributed by atoms with van der Waals surface area (Å²) in [5, 5.41) is 6.74. The predicted molar refractivity (Wildman–Crippen MR) is 57.9 cm³/mol. The van der Waals surface area contributed by atoms with Crippen LogP contribution >= 0.6 is 15.9 Å². The number of ether oxygens (including phenoxy) is 1. The zero-order chi connectivity index (χ0) is 10.8. The number of aromatic nitrogens is 4. The first kappa shape index (κ1) is 10.1. The van der Waals surface area contributed by atoms with E-state index in [0.29, 0.717) is 22.2 Å². The predicted octanol–water partition coefficient (Wildman–Crippen LogP) is 2.37. The highest BCUT2D eigenvalue weighted by Crippen LogP contribution is 2.20. The van der Waals surface area contributed by atoms with Crippen molar-refractivity contribution >= 4 is 15.9 Å². The Kier molecular flexibility index (Phi) is 2.68. The minimum Gasteiger partial charge on any atom is -0.419 e. The van der Waals surface area contributed by atoms with Crippen LogP contribution in [0.15, 0.2) is 16.7 Å². The van der Waals surface area contributed by atoms with Gasteiger partial charge in [-0.05, 0) is 29.8 Å². The maximum atomic E-state index is 5.44. The van der Waals surface area contributed by atoms with Gasteiger partial charge in [-0.15, -0.1) is 5.10 Å². The smallest absolute Gasteiger partial charge is 0.240 e. The van der Waals surface area contributed by atoms with E-state index < -0.39 is 0 Å². The second-order valence-electron chi connectivity index (χ2n) is 3.07. The van der Waals surface area contributed by atoms with Crippen molar-refractivity contribution in [2.45, 2.75) is 13.8 Å². The average molecular weight is 269 g/mol. The summed E-state index contributed by atoms with van der Waals surface area (Å²) in [7, 11) is 0. The van der Waals surface area contributed by atoms with E-state index in [-0.39, 0.29) is 0 Å². The van der Waals surface area contributed by atoms with Gasteiger partial charge in [0.05, 0.1) is 0 Å². The topological polar surface area (TPSA) is 63.7 Å². The number of nitrogens with one attached hydrogen (secondary N) is 1. The molecule has 0 saturated heterocycles. The Hall–Kier alpha value is -1.43. The van der Waals surface area contributed by atoms with E-state index in [9.17, 15) is 0 Å². The fourth-order valence-corrected chi connectivity index (χ4v) is 1.56. The number of H-pyrrole nitrogens is 1. The van der Waals surface area contributed by atoms with E-state index in [1.807, 2.05) is 6.92 Å². The van der Waals surface area contributed by atoms with Crippen molar-refractivity contribution in [1.29, 1.82) is 0 Å². The Morgan fingerprint density at radius 1 is 1.20 bits per heavy atom. The second kappa shape index (κ2) is 3.98. The highest BCUT2D eigenvalue weighted by atomic mass is 79.9. The van der Waals surface area contributed by atoms with Crippen LogP contribution in [0.4, 0.5) is 0 Å². The molecule has 2 heterocycles. The molecule has 0 amide bonds. The Morgan fingerprint density at radius 3 is 2.60 bits per heavy atom. The molecule has 0 radical (unpaired) electrons. The van der Waals surface area contributed by atoms with Crippen molar-refractivity contribution < 1.29 is 4.74 Å². The van der Waals surface area contributed by atoms with E-state index in [2.05, 4.69) is 36.1 Å². The van der Waals surface area contributed by atoms with Crippen LogP contribution in [-0.4, -0.2) is 20.2 Å². The lowest BCUT2D eigenvalue weighted by Gasteiger charge is -2.01. The third-order valence-electron chi connectivity index (χ3n) is 1.67. The summed E-state index contributed by atoms with van der Waals surface area (Å²) < 4.78 is 6.13. The van der Waals surface area contributed by atoms with E-state index in [4.69, 9.17) is 4.74 Å². The summed E-state index contributed by atoms with van der Waals surface area (Å²) in [6.45, 7) is 3.70. The highest BCUT2D eigenvalue weighted by molar-refractivity contribution is 9.10. The van der Waals surface area contributed by atoms with Gasteiger partial charge in [0.1, 0.15) is 10.4 Å². The lowest BCUT2D eigenvalue weighted by atomic mass is 10.5. The molecule has 78 valence electrons. The van der Waals surface area contributed by atoms with Crippen molar-refractivity contribution in [1.82, 2.24) is 20.2 Å². The highest BCUT2D eigenvalue weighted by Gasteiger charge is 2.04. The first-order chi connectivity index (χ1) is 7.13. The number of halogens is 1. The van der Waals surface area contributed by atoms with Crippen LogP contribution in [0.1, 0.15) is 11.5 Å². The molecule has 2 aromatic rings. The number of aryl methyl sites for hydroxylation is 2. The summed E-state index contributed by atoms with van der Waals surface area (Å²) in [6, 6.07) is 3.49. The van der Waals surface area contributed by atoms with Gasteiger partial charge in [0.15, 0.2) is 0 Å². The van der Waals surface area contributed by atoms with Gasteiger partial charge in [-0.25, -0.2) is 4.98 Å². The second-order valence-corrected chi connectivity index (χ2v) is 3.88. The Bertz CT molecular complexity index is 462. The molecule has 0 spiro atoms. The minimum absolute atomic E-state index is 0.473. The minimum atomic E-state index is 0.473. The van der Waals surface area contributed by atoms with Crippen LogP contribution in [0.5, 0.6) is 11.8 Å². The fraction of sp³-hybridized carbons (Fsp3) is 0.222. The van der Waals surface area contributed by atoms with Gasteiger partial charge >= 0.3 is 0 Å². The normalized spacial score (nSPS) is 10.3. The zero-order valence-electron chi connectivity index (χ0n) is 8.28. The molecule has 0 aliphatic rings. The number of hydrogen-bond donors (Lipinski definition) is 1. The number of hydrogen-bond acceptors (Lipinski definition) is 4.